The third-order valence-electron chi connectivity index (χ3n) is 3.62. The third kappa shape index (κ3) is 5.62. The van der Waals surface area contributed by atoms with E-state index in [4.69, 9.17) is 21.1 Å². The van der Waals surface area contributed by atoms with E-state index >= 15 is 0 Å². The highest BCUT2D eigenvalue weighted by Gasteiger charge is 2.18. The molecule has 0 fully saturated rings. The Balaban J connectivity index is 2.10. The highest BCUT2D eigenvalue weighted by molar-refractivity contribution is 6.32. The molecular formula is C18H25ClN4O3. The van der Waals surface area contributed by atoms with Crippen LogP contribution in [0.3, 0.4) is 0 Å². The van der Waals surface area contributed by atoms with Gasteiger partial charge < -0.3 is 14.8 Å². The van der Waals surface area contributed by atoms with Crippen LogP contribution in [0.2, 0.25) is 5.02 Å². The lowest BCUT2D eigenvalue weighted by Gasteiger charge is -2.17. The Morgan fingerprint density at radius 1 is 1.35 bits per heavy atom. The van der Waals surface area contributed by atoms with Crippen LogP contribution in [0.15, 0.2) is 24.8 Å². The maximum absolute atomic E-state index is 12.6. The molecule has 26 heavy (non-hydrogen) atoms. The molecule has 142 valence electrons. The molecule has 1 atom stereocenters. The Morgan fingerprint density at radius 2 is 2.15 bits per heavy atom. The number of rotatable bonds is 10. The standard InChI is InChI=1S/C18H25ClN4O3/c1-4-6-7-26-17-15(19)8-14(9-16(17)25-5-2)18(24)22-13(3)10-23-12-20-11-21-23/h8-9,11-13H,4-7,10H2,1-3H3,(H,22,24). The smallest absolute Gasteiger partial charge is 0.251 e. The van der Waals surface area contributed by atoms with Crippen molar-refractivity contribution in [2.45, 2.75) is 46.2 Å². The fraction of sp³-hybridized carbons (Fsp3) is 0.500. The highest BCUT2D eigenvalue weighted by Crippen LogP contribution is 2.36. The quantitative estimate of drug-likeness (QED) is 0.639. The van der Waals surface area contributed by atoms with E-state index in [2.05, 4.69) is 22.3 Å². The monoisotopic (exact) mass is 380 g/mol. The van der Waals surface area contributed by atoms with Crippen molar-refractivity contribution in [3.8, 4) is 11.5 Å². The molecule has 2 aromatic rings. The summed E-state index contributed by atoms with van der Waals surface area (Å²) < 4.78 is 13.0. The van der Waals surface area contributed by atoms with Crippen molar-refractivity contribution in [1.82, 2.24) is 20.1 Å². The number of hydrogen-bond acceptors (Lipinski definition) is 5. The predicted molar refractivity (Wildman–Crippen MR) is 100.0 cm³/mol. The number of nitrogens with zero attached hydrogens (tertiary/aromatic N) is 3. The molecule has 0 aliphatic carbocycles. The van der Waals surface area contributed by atoms with Crippen LogP contribution >= 0.6 is 11.6 Å². The van der Waals surface area contributed by atoms with E-state index < -0.39 is 0 Å². The van der Waals surface area contributed by atoms with Crippen LogP contribution in [-0.4, -0.2) is 39.9 Å². The van der Waals surface area contributed by atoms with Crippen LogP contribution in [0.5, 0.6) is 11.5 Å². The summed E-state index contributed by atoms with van der Waals surface area (Å²) in [5.74, 6) is 0.722. The maximum Gasteiger partial charge on any atom is 0.251 e. The predicted octanol–water partition coefficient (Wildman–Crippen LogP) is 3.33. The zero-order valence-corrected chi connectivity index (χ0v) is 16.1. The van der Waals surface area contributed by atoms with E-state index in [-0.39, 0.29) is 11.9 Å². The molecule has 1 N–H and O–H groups in total. The molecule has 1 aromatic carbocycles. The number of halogens is 1. The number of benzene rings is 1. The van der Waals surface area contributed by atoms with Crippen molar-refractivity contribution in [2.75, 3.05) is 13.2 Å². The zero-order valence-electron chi connectivity index (χ0n) is 15.4. The molecule has 1 aromatic heterocycles. The number of carbonyl (C=O) groups excluding carboxylic acids is 1. The minimum Gasteiger partial charge on any atom is -0.490 e. The maximum atomic E-state index is 12.6. The first-order valence-corrected chi connectivity index (χ1v) is 9.15. The largest absolute Gasteiger partial charge is 0.490 e. The van der Waals surface area contributed by atoms with Crippen LogP contribution in [0, 0.1) is 0 Å². The van der Waals surface area contributed by atoms with Crippen molar-refractivity contribution in [3.63, 3.8) is 0 Å². The van der Waals surface area contributed by atoms with Crippen LogP contribution in [0.25, 0.3) is 0 Å². The summed E-state index contributed by atoms with van der Waals surface area (Å²) in [5, 5.41) is 7.31. The molecule has 0 aliphatic heterocycles. The Bertz CT molecular complexity index is 707. The molecule has 1 unspecified atom stereocenters. The van der Waals surface area contributed by atoms with Crippen molar-refractivity contribution in [2.24, 2.45) is 0 Å². The summed E-state index contributed by atoms with van der Waals surface area (Å²) >= 11 is 6.34. The lowest BCUT2D eigenvalue weighted by atomic mass is 10.1. The number of unbranched alkanes of at least 4 members (excludes halogenated alkanes) is 1. The first-order valence-electron chi connectivity index (χ1n) is 8.77. The van der Waals surface area contributed by atoms with Gasteiger partial charge in [0.15, 0.2) is 11.5 Å². The van der Waals surface area contributed by atoms with Gasteiger partial charge in [0.25, 0.3) is 5.91 Å². The number of aromatic nitrogens is 3. The summed E-state index contributed by atoms with van der Waals surface area (Å²) in [5.41, 5.74) is 0.423. The van der Waals surface area contributed by atoms with Crippen LogP contribution < -0.4 is 14.8 Å². The van der Waals surface area contributed by atoms with Crippen LogP contribution in [-0.2, 0) is 6.54 Å². The molecule has 1 heterocycles. The minimum absolute atomic E-state index is 0.126. The zero-order chi connectivity index (χ0) is 18.9. The third-order valence-corrected chi connectivity index (χ3v) is 3.90. The Labute approximate surface area is 158 Å². The van der Waals surface area contributed by atoms with Gasteiger partial charge in [-0.3, -0.25) is 9.48 Å². The number of carbonyl (C=O) groups is 1. The van der Waals surface area contributed by atoms with E-state index in [1.165, 1.54) is 6.33 Å². The first kappa shape index (κ1) is 20.0. The number of nitrogens with one attached hydrogen (secondary N) is 1. The SMILES string of the molecule is CCCCOc1c(Cl)cc(C(=O)NC(C)Cn2cncn2)cc1OCC. The van der Waals surface area contributed by atoms with E-state index in [1.54, 1.807) is 23.1 Å². The summed E-state index contributed by atoms with van der Waals surface area (Å²) in [6.45, 7) is 7.38. The second-order valence-electron chi connectivity index (χ2n) is 5.91. The molecule has 1 amide bonds. The molecule has 0 radical (unpaired) electrons. The molecule has 8 heteroatoms. The van der Waals surface area contributed by atoms with Gasteiger partial charge in [-0.2, -0.15) is 5.10 Å². The average molecular weight is 381 g/mol. The second kappa shape index (κ2) is 10.0. The molecule has 2 rings (SSSR count). The van der Waals surface area contributed by atoms with Gasteiger partial charge in [-0.1, -0.05) is 24.9 Å². The molecule has 0 aliphatic rings. The van der Waals surface area contributed by atoms with Gasteiger partial charge in [-0.25, -0.2) is 4.98 Å². The molecular weight excluding hydrogens is 356 g/mol. The Kier molecular flexibility index (Phi) is 7.72. The Morgan fingerprint density at radius 3 is 2.81 bits per heavy atom. The topological polar surface area (TPSA) is 78.3 Å². The highest BCUT2D eigenvalue weighted by atomic mass is 35.5. The fourth-order valence-electron chi connectivity index (χ4n) is 2.38. The molecule has 0 bridgehead atoms. The lowest BCUT2D eigenvalue weighted by Crippen LogP contribution is -2.35. The van der Waals surface area contributed by atoms with Gasteiger partial charge in [-0.05, 0) is 32.4 Å². The Hall–Kier alpha value is -2.28. The lowest BCUT2D eigenvalue weighted by molar-refractivity contribution is 0.0935. The van der Waals surface area contributed by atoms with E-state index in [1.807, 2.05) is 13.8 Å². The van der Waals surface area contributed by atoms with Crippen molar-refractivity contribution in [1.29, 1.82) is 0 Å². The number of hydrogen-bond donors (Lipinski definition) is 1. The van der Waals surface area contributed by atoms with Gasteiger partial charge in [0.2, 0.25) is 0 Å². The second-order valence-corrected chi connectivity index (χ2v) is 6.32. The van der Waals surface area contributed by atoms with Gasteiger partial charge in [0.1, 0.15) is 12.7 Å². The summed E-state index contributed by atoms with van der Waals surface area (Å²) in [7, 11) is 0. The summed E-state index contributed by atoms with van der Waals surface area (Å²) in [6.07, 6.45) is 5.00. The summed E-state index contributed by atoms with van der Waals surface area (Å²) in [4.78, 5) is 16.4. The van der Waals surface area contributed by atoms with E-state index in [0.717, 1.165) is 12.8 Å². The van der Waals surface area contributed by atoms with Crippen LogP contribution in [0.1, 0.15) is 44.0 Å². The van der Waals surface area contributed by atoms with E-state index in [9.17, 15) is 4.79 Å². The number of ether oxygens (including phenoxy) is 2. The van der Waals surface area contributed by atoms with E-state index in [0.29, 0.717) is 41.8 Å². The van der Waals surface area contributed by atoms with Crippen molar-refractivity contribution in [3.05, 3.63) is 35.4 Å². The van der Waals surface area contributed by atoms with Crippen molar-refractivity contribution < 1.29 is 14.3 Å². The van der Waals surface area contributed by atoms with Gasteiger partial charge in [0.05, 0.1) is 24.8 Å². The molecule has 0 spiro atoms. The number of amides is 1. The van der Waals surface area contributed by atoms with Crippen LogP contribution in [0.4, 0.5) is 0 Å². The van der Waals surface area contributed by atoms with Gasteiger partial charge in [-0.15, -0.1) is 0 Å². The van der Waals surface area contributed by atoms with Crippen molar-refractivity contribution >= 4 is 17.5 Å². The van der Waals surface area contributed by atoms with Gasteiger partial charge >= 0.3 is 0 Å². The van der Waals surface area contributed by atoms with Gasteiger partial charge in [0, 0.05) is 11.6 Å². The normalized spacial score (nSPS) is 11.8. The molecule has 0 saturated heterocycles. The average Bonchev–Trinajstić information content (AvgIpc) is 3.10. The minimum atomic E-state index is -0.236. The fourth-order valence-corrected chi connectivity index (χ4v) is 2.65. The first-order chi connectivity index (χ1) is 12.5. The molecule has 7 nitrogen and oxygen atoms in total. The summed E-state index contributed by atoms with van der Waals surface area (Å²) in [6, 6.07) is 3.14. The molecule has 0 saturated carbocycles.